The molecule has 18 nitrogen and oxygen atoms in total. The molecule has 0 atom stereocenters. The molecule has 3 aromatic heterocycles. The summed E-state index contributed by atoms with van der Waals surface area (Å²) in [5, 5.41) is 0. The Bertz CT molecular complexity index is 2240. The lowest BCUT2D eigenvalue weighted by atomic mass is 10.3. The van der Waals surface area contributed by atoms with Crippen molar-refractivity contribution in [2.45, 2.75) is 35.5 Å². The highest BCUT2D eigenvalue weighted by atomic mass is 32.2. The zero-order valence-electron chi connectivity index (χ0n) is 29.0. The van der Waals surface area contributed by atoms with Gasteiger partial charge in [0.1, 0.15) is 0 Å². The third kappa shape index (κ3) is 12.1. The van der Waals surface area contributed by atoms with Gasteiger partial charge in [-0.3, -0.25) is 0 Å². The monoisotopic (exact) mass is 792 g/mol. The number of rotatable bonds is 9. The van der Waals surface area contributed by atoms with Crippen LogP contribution in [0, 0.1) is 20.8 Å². The molecular weight excluding hydrogens is 757 g/mol. The molecule has 0 saturated heterocycles. The highest BCUT2D eigenvalue weighted by Crippen LogP contribution is 2.17. The van der Waals surface area contributed by atoms with E-state index in [1.807, 2.05) is 0 Å². The minimum atomic E-state index is -3.68. The van der Waals surface area contributed by atoms with E-state index in [0.717, 1.165) is 0 Å². The Morgan fingerprint density at radius 3 is 0.815 bits per heavy atom. The number of nitrogens with two attached hydrogens (primary N) is 3. The Morgan fingerprint density at radius 1 is 0.389 bits per heavy atom. The normalized spacial score (nSPS) is 11.2. The molecule has 0 spiro atoms. The van der Waals surface area contributed by atoms with E-state index < -0.39 is 30.1 Å². The minimum absolute atomic E-state index is 0.0480. The first-order valence-corrected chi connectivity index (χ1v) is 19.9. The topological polar surface area (TPSA) is 294 Å². The van der Waals surface area contributed by atoms with Gasteiger partial charge in [0.25, 0.3) is 30.1 Å². The number of anilines is 6. The molecule has 54 heavy (non-hydrogen) atoms. The fraction of sp³-hybridized carbons (Fsp3) is 0.0909. The fourth-order valence-corrected chi connectivity index (χ4v) is 6.83. The highest BCUT2D eigenvalue weighted by Gasteiger charge is 2.17. The first-order chi connectivity index (χ1) is 25.4. The van der Waals surface area contributed by atoms with E-state index in [4.69, 9.17) is 17.2 Å². The Hall–Kier alpha value is -6.45. The van der Waals surface area contributed by atoms with Crippen LogP contribution in [-0.4, -0.2) is 55.2 Å². The second-order valence-corrected chi connectivity index (χ2v) is 16.1. The average molecular weight is 793 g/mol. The minimum Gasteiger partial charge on any atom is -0.399 e. The quantitative estimate of drug-likeness (QED) is 0.114. The van der Waals surface area contributed by atoms with Crippen molar-refractivity contribution in [3.05, 3.63) is 127 Å². The summed E-state index contributed by atoms with van der Waals surface area (Å²) in [4.78, 5) is 23.8. The maximum Gasteiger partial charge on any atom is 0.264 e. The third-order valence-corrected chi connectivity index (χ3v) is 10.7. The summed E-state index contributed by atoms with van der Waals surface area (Å²) < 4.78 is 78.9. The molecule has 0 aliphatic carbocycles. The molecule has 21 heteroatoms. The number of hydrogen-bond acceptors (Lipinski definition) is 15. The van der Waals surface area contributed by atoms with Crippen molar-refractivity contribution in [3.8, 4) is 0 Å². The van der Waals surface area contributed by atoms with Gasteiger partial charge >= 0.3 is 0 Å². The summed E-state index contributed by atoms with van der Waals surface area (Å²) >= 11 is 0. The van der Waals surface area contributed by atoms with Crippen molar-refractivity contribution in [3.63, 3.8) is 0 Å². The highest BCUT2D eigenvalue weighted by molar-refractivity contribution is 7.93. The molecule has 282 valence electrons. The van der Waals surface area contributed by atoms with Gasteiger partial charge in [-0.1, -0.05) is 0 Å². The molecular formula is C33H36N12O6S3. The van der Waals surface area contributed by atoms with Crippen molar-refractivity contribution in [2.24, 2.45) is 0 Å². The Morgan fingerprint density at radius 2 is 0.611 bits per heavy atom. The summed E-state index contributed by atoms with van der Waals surface area (Å²) in [5.74, 6) is 0.144. The number of nitrogen functional groups attached to an aromatic ring is 3. The molecule has 0 amide bonds. The van der Waals surface area contributed by atoms with Gasteiger partial charge in [-0.25, -0.2) is 69.3 Å². The molecule has 0 aliphatic heterocycles. The average Bonchev–Trinajstić information content (AvgIpc) is 3.09. The van der Waals surface area contributed by atoms with Gasteiger partial charge in [0.05, 0.1) is 14.7 Å². The van der Waals surface area contributed by atoms with Gasteiger partial charge in [-0.05, 0) is 112 Å². The van der Waals surface area contributed by atoms with Crippen LogP contribution in [0.1, 0.15) is 17.1 Å². The van der Waals surface area contributed by atoms with E-state index in [-0.39, 0.29) is 32.5 Å². The molecule has 6 aromatic rings. The number of nitrogens with one attached hydrogen (secondary N) is 3. The van der Waals surface area contributed by atoms with Gasteiger partial charge in [-0.15, -0.1) is 0 Å². The van der Waals surface area contributed by atoms with Crippen LogP contribution in [0.15, 0.2) is 124 Å². The van der Waals surface area contributed by atoms with E-state index in [9.17, 15) is 25.3 Å². The Kier molecular flexibility index (Phi) is 13.0. The van der Waals surface area contributed by atoms with Crippen LogP contribution in [0.4, 0.5) is 34.9 Å². The molecule has 0 aliphatic rings. The maximum absolute atomic E-state index is 12.0. The number of nitrogens with zero attached hydrogens (tertiary/aromatic N) is 6. The molecule has 3 heterocycles. The summed E-state index contributed by atoms with van der Waals surface area (Å²) in [5.41, 5.74) is 20.1. The summed E-state index contributed by atoms with van der Waals surface area (Å²) in [6, 6.07) is 22.7. The van der Waals surface area contributed by atoms with Crippen LogP contribution < -0.4 is 31.4 Å². The molecule has 9 N–H and O–H groups in total. The number of benzene rings is 3. The smallest absolute Gasteiger partial charge is 0.264 e. The van der Waals surface area contributed by atoms with E-state index in [1.165, 1.54) is 91.4 Å². The third-order valence-electron chi connectivity index (χ3n) is 6.63. The van der Waals surface area contributed by atoms with Crippen molar-refractivity contribution in [2.75, 3.05) is 31.4 Å². The fourth-order valence-electron chi connectivity index (χ4n) is 3.97. The maximum atomic E-state index is 12.0. The lowest BCUT2D eigenvalue weighted by molar-refractivity contribution is 0.599. The van der Waals surface area contributed by atoms with Crippen molar-refractivity contribution in [1.82, 2.24) is 29.9 Å². The first-order valence-electron chi connectivity index (χ1n) is 15.5. The van der Waals surface area contributed by atoms with Gasteiger partial charge < -0.3 is 17.2 Å². The number of aryl methyl sites for hydroxylation is 3. The SMILES string of the molecule is Cc1ccnc(NS(=O)(=O)c2ccc(N)cc2)n1.Cc1ccnc(NS(=O)(=O)c2ccc(N)cc2)n1.Cc1ccnc(NS(=O)(=O)c2ccc(N)cc2)n1. The molecule has 0 unspecified atom stereocenters. The van der Waals surface area contributed by atoms with Crippen molar-refractivity contribution >= 4 is 65.0 Å². The van der Waals surface area contributed by atoms with Gasteiger partial charge in [0.15, 0.2) is 0 Å². The lowest BCUT2D eigenvalue weighted by Gasteiger charge is -2.06. The van der Waals surface area contributed by atoms with Crippen LogP contribution in [0.3, 0.4) is 0 Å². The second kappa shape index (κ2) is 17.4. The second-order valence-electron chi connectivity index (χ2n) is 11.1. The molecule has 0 radical (unpaired) electrons. The van der Waals surface area contributed by atoms with Gasteiger partial charge in [0.2, 0.25) is 17.8 Å². The summed E-state index contributed by atoms with van der Waals surface area (Å²) in [6.07, 6.45) is 4.47. The van der Waals surface area contributed by atoms with E-state index in [0.29, 0.717) is 34.1 Å². The molecule has 0 bridgehead atoms. The predicted octanol–water partition coefficient (Wildman–Crippen LogP) is 3.50. The van der Waals surface area contributed by atoms with Crippen LogP contribution in [0.25, 0.3) is 0 Å². The van der Waals surface area contributed by atoms with E-state index >= 15 is 0 Å². The number of aromatic nitrogens is 6. The number of sulfonamides is 3. The molecule has 6 rings (SSSR count). The van der Waals surface area contributed by atoms with Crippen LogP contribution in [-0.2, 0) is 30.1 Å². The van der Waals surface area contributed by atoms with Crippen LogP contribution in [0.5, 0.6) is 0 Å². The Balaban J connectivity index is 0.000000180. The molecule has 0 saturated carbocycles. The first kappa shape index (κ1) is 40.3. The Labute approximate surface area is 312 Å². The largest absolute Gasteiger partial charge is 0.399 e. The standard InChI is InChI=1S/3C11H12N4O2S/c3*1-8-6-7-13-11(14-8)15-18(16,17)10-4-2-9(12)3-5-10/h3*2-7H,12H2,1H3,(H,13,14,15). The summed E-state index contributed by atoms with van der Waals surface area (Å²) in [6.45, 7) is 5.26. The zero-order chi connectivity index (χ0) is 39.5. The lowest BCUT2D eigenvalue weighted by Crippen LogP contribution is -2.15. The van der Waals surface area contributed by atoms with Crippen LogP contribution in [0.2, 0.25) is 0 Å². The summed E-state index contributed by atoms with van der Waals surface area (Å²) in [7, 11) is -11.0. The predicted molar refractivity (Wildman–Crippen MR) is 205 cm³/mol. The zero-order valence-corrected chi connectivity index (χ0v) is 31.4. The van der Waals surface area contributed by atoms with E-state index in [2.05, 4.69) is 44.1 Å². The van der Waals surface area contributed by atoms with Crippen molar-refractivity contribution in [1.29, 1.82) is 0 Å². The van der Waals surface area contributed by atoms with Gasteiger partial charge in [0, 0.05) is 52.7 Å². The molecule has 3 aromatic carbocycles. The molecule has 0 fully saturated rings. The van der Waals surface area contributed by atoms with Crippen molar-refractivity contribution < 1.29 is 25.3 Å². The number of hydrogen-bond donors (Lipinski definition) is 6. The van der Waals surface area contributed by atoms with Gasteiger partial charge in [-0.2, -0.15) is 0 Å². The van der Waals surface area contributed by atoms with E-state index in [1.54, 1.807) is 39.0 Å². The van der Waals surface area contributed by atoms with Crippen LogP contribution >= 0.6 is 0 Å².